The second-order valence-electron chi connectivity index (χ2n) is 12.6. The molecule has 49 heavy (non-hydrogen) atoms. The van der Waals surface area contributed by atoms with Crippen LogP contribution in [0.1, 0.15) is 0 Å². The number of anilines is 3. The summed E-state index contributed by atoms with van der Waals surface area (Å²) in [5, 5.41) is 7.15. The van der Waals surface area contributed by atoms with Crippen molar-refractivity contribution in [1.82, 2.24) is 4.57 Å². The Bertz CT molecular complexity index is 2830. The first-order chi connectivity index (χ1) is 24.3. The van der Waals surface area contributed by atoms with Crippen molar-refractivity contribution in [2.45, 2.75) is 0 Å². The molecule has 0 unspecified atom stereocenters. The van der Waals surface area contributed by atoms with Gasteiger partial charge in [-0.1, -0.05) is 103 Å². The molecule has 0 aliphatic heterocycles. The zero-order valence-electron chi connectivity index (χ0n) is 26.6. The predicted octanol–water partition coefficient (Wildman–Crippen LogP) is 13.0. The maximum absolute atomic E-state index is 6.21. The molecule has 0 aliphatic carbocycles. The summed E-state index contributed by atoms with van der Waals surface area (Å²) in [4.78, 5) is 2.35. The summed E-state index contributed by atoms with van der Waals surface area (Å²) in [6.07, 6.45) is 0. The average molecular weight is 627 g/mol. The molecule has 0 saturated heterocycles. The summed E-state index contributed by atoms with van der Waals surface area (Å²) in [7, 11) is 0. The molecular formula is C46H30N2O. The van der Waals surface area contributed by atoms with Crippen molar-refractivity contribution in [2.24, 2.45) is 0 Å². The van der Waals surface area contributed by atoms with E-state index in [1.54, 1.807) is 0 Å². The largest absolute Gasteiger partial charge is 0.456 e. The SMILES string of the molecule is c1ccc(N(c2ccc3oc4ccccc4c3c2)c2ccc3c(c2)c2c(-c4ccc5ccccc5c4)cccc2n3-c2ccccc2)cc1. The molecule has 0 fully saturated rings. The van der Waals surface area contributed by atoms with Crippen LogP contribution in [0.15, 0.2) is 186 Å². The number of hydrogen-bond donors (Lipinski definition) is 0. The van der Waals surface area contributed by atoms with Gasteiger partial charge < -0.3 is 13.9 Å². The van der Waals surface area contributed by atoms with E-state index in [1.807, 2.05) is 12.1 Å². The minimum atomic E-state index is 0.888. The summed E-state index contributed by atoms with van der Waals surface area (Å²) in [6, 6.07) is 65.1. The Morgan fingerprint density at radius 1 is 0.408 bits per heavy atom. The zero-order chi connectivity index (χ0) is 32.3. The van der Waals surface area contributed by atoms with Crippen LogP contribution in [0, 0.1) is 0 Å². The van der Waals surface area contributed by atoms with Gasteiger partial charge in [0.05, 0.1) is 11.0 Å². The van der Waals surface area contributed by atoms with Gasteiger partial charge in [-0.2, -0.15) is 0 Å². The van der Waals surface area contributed by atoms with Gasteiger partial charge in [0.25, 0.3) is 0 Å². The molecule has 0 atom stereocenters. The molecule has 230 valence electrons. The van der Waals surface area contributed by atoms with Gasteiger partial charge in [0.2, 0.25) is 0 Å². The Balaban J connectivity index is 1.25. The zero-order valence-corrected chi connectivity index (χ0v) is 26.6. The summed E-state index contributed by atoms with van der Waals surface area (Å²) in [5.74, 6) is 0. The van der Waals surface area contributed by atoms with Gasteiger partial charge in [-0.25, -0.2) is 0 Å². The van der Waals surface area contributed by atoms with Gasteiger partial charge in [-0.05, 0) is 101 Å². The van der Waals surface area contributed by atoms with Gasteiger partial charge in [0.1, 0.15) is 11.2 Å². The molecule has 2 heterocycles. The van der Waals surface area contributed by atoms with Gasteiger partial charge >= 0.3 is 0 Å². The quantitative estimate of drug-likeness (QED) is 0.190. The molecule has 0 amide bonds. The first kappa shape index (κ1) is 27.5. The monoisotopic (exact) mass is 626 g/mol. The molecule has 8 aromatic carbocycles. The highest BCUT2D eigenvalue weighted by Crippen LogP contribution is 2.44. The van der Waals surface area contributed by atoms with Crippen molar-refractivity contribution >= 4 is 71.6 Å². The third-order valence-corrected chi connectivity index (χ3v) is 9.74. The number of aromatic nitrogens is 1. The number of benzene rings is 8. The van der Waals surface area contributed by atoms with Gasteiger partial charge in [-0.15, -0.1) is 0 Å². The van der Waals surface area contributed by atoms with Crippen LogP contribution in [-0.4, -0.2) is 4.57 Å². The van der Waals surface area contributed by atoms with E-state index in [0.29, 0.717) is 0 Å². The van der Waals surface area contributed by atoms with Crippen molar-refractivity contribution in [2.75, 3.05) is 4.90 Å². The fourth-order valence-electron chi connectivity index (χ4n) is 7.53. The van der Waals surface area contributed by atoms with E-state index in [9.17, 15) is 0 Å². The highest BCUT2D eigenvalue weighted by molar-refractivity contribution is 6.17. The molecule has 10 aromatic rings. The normalized spacial score (nSPS) is 11.7. The molecule has 0 spiro atoms. The standard InChI is InChI=1S/C46H30N2O/c1-3-14-34(15-4-1)47(37-25-27-45-40(29-37)39-18-9-10-21-44(39)49-45)36-24-26-42-41(30-36)46-38(33-23-22-31-12-7-8-13-32(31)28-33)19-11-20-43(46)48(42)35-16-5-2-6-17-35/h1-30H. The van der Waals surface area contributed by atoms with Gasteiger partial charge in [0.15, 0.2) is 0 Å². The van der Waals surface area contributed by atoms with Crippen molar-refractivity contribution in [3.8, 4) is 16.8 Å². The number of fused-ring (bicyclic) bond motifs is 7. The number of hydrogen-bond acceptors (Lipinski definition) is 2. The van der Waals surface area contributed by atoms with Crippen LogP contribution in [0.2, 0.25) is 0 Å². The Kier molecular flexibility index (Phi) is 6.18. The highest BCUT2D eigenvalue weighted by Gasteiger charge is 2.20. The molecule has 0 aliphatic rings. The van der Waals surface area contributed by atoms with E-state index < -0.39 is 0 Å². The Hall–Kier alpha value is -6.58. The molecule has 10 rings (SSSR count). The van der Waals surface area contributed by atoms with Crippen LogP contribution in [0.25, 0.3) is 71.3 Å². The van der Waals surface area contributed by atoms with Crippen LogP contribution in [-0.2, 0) is 0 Å². The van der Waals surface area contributed by atoms with Crippen LogP contribution in [0.4, 0.5) is 17.1 Å². The fraction of sp³-hybridized carbons (Fsp3) is 0. The van der Waals surface area contributed by atoms with Crippen LogP contribution >= 0.6 is 0 Å². The van der Waals surface area contributed by atoms with E-state index >= 15 is 0 Å². The summed E-state index contributed by atoms with van der Waals surface area (Å²) >= 11 is 0. The van der Waals surface area contributed by atoms with E-state index in [-0.39, 0.29) is 0 Å². The second-order valence-corrected chi connectivity index (χ2v) is 12.6. The summed E-state index contributed by atoms with van der Waals surface area (Å²) < 4.78 is 8.61. The van der Waals surface area contributed by atoms with E-state index in [4.69, 9.17) is 4.42 Å². The first-order valence-corrected chi connectivity index (χ1v) is 16.7. The van der Waals surface area contributed by atoms with Crippen molar-refractivity contribution in [1.29, 1.82) is 0 Å². The third-order valence-electron chi connectivity index (χ3n) is 9.74. The van der Waals surface area contributed by atoms with Crippen LogP contribution < -0.4 is 4.90 Å². The lowest BCUT2D eigenvalue weighted by Crippen LogP contribution is -2.09. The third kappa shape index (κ3) is 4.44. The Morgan fingerprint density at radius 2 is 1.10 bits per heavy atom. The highest BCUT2D eigenvalue weighted by atomic mass is 16.3. The Morgan fingerprint density at radius 3 is 1.96 bits per heavy atom. The van der Waals surface area contributed by atoms with Crippen LogP contribution in [0.3, 0.4) is 0 Å². The minimum absolute atomic E-state index is 0.888. The molecule has 0 bridgehead atoms. The lowest BCUT2D eigenvalue weighted by molar-refractivity contribution is 0.669. The number of rotatable bonds is 5. The maximum atomic E-state index is 6.21. The smallest absolute Gasteiger partial charge is 0.135 e. The maximum Gasteiger partial charge on any atom is 0.135 e. The van der Waals surface area contributed by atoms with E-state index in [1.165, 1.54) is 43.7 Å². The molecular weight excluding hydrogens is 597 g/mol. The molecule has 0 N–H and O–H groups in total. The number of para-hydroxylation sites is 3. The molecule has 3 heteroatoms. The minimum Gasteiger partial charge on any atom is -0.456 e. The predicted molar refractivity (Wildman–Crippen MR) is 206 cm³/mol. The van der Waals surface area contributed by atoms with Gasteiger partial charge in [0, 0.05) is 44.3 Å². The van der Waals surface area contributed by atoms with E-state index in [2.05, 4.69) is 179 Å². The van der Waals surface area contributed by atoms with Crippen molar-refractivity contribution in [3.05, 3.63) is 182 Å². The Labute approximate surface area is 283 Å². The van der Waals surface area contributed by atoms with Gasteiger partial charge in [-0.3, -0.25) is 0 Å². The first-order valence-electron chi connectivity index (χ1n) is 16.7. The molecule has 0 saturated carbocycles. The topological polar surface area (TPSA) is 21.3 Å². The summed E-state index contributed by atoms with van der Waals surface area (Å²) in [6.45, 7) is 0. The lowest BCUT2D eigenvalue weighted by Gasteiger charge is -2.25. The average Bonchev–Trinajstić information content (AvgIpc) is 3.71. The van der Waals surface area contributed by atoms with Crippen molar-refractivity contribution < 1.29 is 4.42 Å². The lowest BCUT2D eigenvalue weighted by atomic mass is 9.97. The van der Waals surface area contributed by atoms with Crippen molar-refractivity contribution in [3.63, 3.8) is 0 Å². The van der Waals surface area contributed by atoms with Crippen LogP contribution in [0.5, 0.6) is 0 Å². The second kappa shape index (κ2) is 11.0. The number of furan rings is 1. The number of nitrogens with zero attached hydrogens (tertiary/aromatic N) is 2. The molecule has 0 radical (unpaired) electrons. The van der Waals surface area contributed by atoms with E-state index in [0.717, 1.165) is 44.7 Å². The summed E-state index contributed by atoms with van der Waals surface area (Å²) in [5.41, 5.74) is 11.0. The molecule has 2 aromatic heterocycles. The molecule has 3 nitrogen and oxygen atoms in total. The fourth-order valence-corrected chi connectivity index (χ4v) is 7.53.